The first-order valence-electron chi connectivity index (χ1n) is 9.23. The molecule has 0 saturated heterocycles. The van der Waals surface area contributed by atoms with Crippen molar-refractivity contribution < 1.29 is 9.53 Å². The van der Waals surface area contributed by atoms with Gasteiger partial charge in [0.05, 0.1) is 7.11 Å². The van der Waals surface area contributed by atoms with Crippen LogP contribution in [-0.4, -0.2) is 29.5 Å². The van der Waals surface area contributed by atoms with Crippen LogP contribution < -0.4 is 15.4 Å². The van der Waals surface area contributed by atoms with E-state index in [1.165, 1.54) is 5.56 Å². The molecule has 3 aromatic rings. The fourth-order valence-electron chi connectivity index (χ4n) is 2.77. The fraction of sp³-hybridized carbons (Fsp3) is 0.227. The quantitative estimate of drug-likeness (QED) is 0.583. The summed E-state index contributed by atoms with van der Waals surface area (Å²) in [4.78, 5) is 21.2. The number of methoxy groups -OCH3 is 1. The van der Waals surface area contributed by atoms with Gasteiger partial charge in [-0.05, 0) is 55.7 Å². The van der Waals surface area contributed by atoms with E-state index in [4.69, 9.17) is 4.74 Å². The maximum atomic E-state index is 12.5. The summed E-state index contributed by atoms with van der Waals surface area (Å²) in [6, 6.07) is 19.3. The molecule has 0 aliphatic rings. The minimum absolute atomic E-state index is 0.198. The van der Waals surface area contributed by atoms with Crippen LogP contribution in [0.5, 0.6) is 5.75 Å². The zero-order valence-corrected chi connectivity index (χ0v) is 16.1. The number of carbonyl (C=O) groups is 1. The zero-order valence-electron chi connectivity index (χ0n) is 16.1. The minimum Gasteiger partial charge on any atom is -0.497 e. The predicted molar refractivity (Wildman–Crippen MR) is 110 cm³/mol. The Morgan fingerprint density at radius 2 is 1.79 bits per heavy atom. The summed E-state index contributed by atoms with van der Waals surface area (Å²) in [6.45, 7) is 2.44. The Balaban J connectivity index is 1.57. The lowest BCUT2D eigenvalue weighted by atomic mass is 10.1. The number of hydrogen-bond donors (Lipinski definition) is 2. The first kappa shape index (κ1) is 19.4. The molecule has 0 aliphatic carbocycles. The summed E-state index contributed by atoms with van der Waals surface area (Å²) < 4.78 is 5.15. The minimum atomic E-state index is -0.198. The van der Waals surface area contributed by atoms with Gasteiger partial charge in [-0.3, -0.25) is 4.79 Å². The van der Waals surface area contributed by atoms with Crippen LogP contribution in [0, 0.1) is 6.92 Å². The van der Waals surface area contributed by atoms with Crippen molar-refractivity contribution in [3.8, 4) is 5.75 Å². The smallest absolute Gasteiger partial charge is 0.270 e. The second-order valence-electron chi connectivity index (χ2n) is 6.42. The topological polar surface area (TPSA) is 76.1 Å². The van der Waals surface area contributed by atoms with E-state index in [9.17, 15) is 4.79 Å². The van der Waals surface area contributed by atoms with Crippen LogP contribution in [0.1, 0.15) is 28.2 Å². The first-order valence-corrected chi connectivity index (χ1v) is 9.23. The van der Waals surface area contributed by atoms with Gasteiger partial charge >= 0.3 is 0 Å². The summed E-state index contributed by atoms with van der Waals surface area (Å²) in [7, 11) is 1.62. The number of nitrogens with one attached hydrogen (secondary N) is 2. The number of anilines is 2. The van der Waals surface area contributed by atoms with Gasteiger partial charge in [0, 0.05) is 17.9 Å². The number of benzene rings is 2. The fourth-order valence-corrected chi connectivity index (χ4v) is 2.77. The number of aromatic nitrogens is 2. The summed E-state index contributed by atoms with van der Waals surface area (Å²) in [5.41, 5.74) is 3.16. The Morgan fingerprint density at radius 1 is 1.04 bits per heavy atom. The predicted octanol–water partition coefficient (Wildman–Crippen LogP) is 3.90. The van der Waals surface area contributed by atoms with E-state index in [2.05, 4.69) is 32.7 Å². The maximum absolute atomic E-state index is 12.5. The monoisotopic (exact) mass is 376 g/mol. The molecule has 0 bridgehead atoms. The molecule has 0 unspecified atom stereocenters. The van der Waals surface area contributed by atoms with Gasteiger partial charge in [-0.2, -0.15) is 0 Å². The second-order valence-corrected chi connectivity index (χ2v) is 6.42. The molecule has 0 atom stereocenters. The molecule has 0 saturated carbocycles. The lowest BCUT2D eigenvalue weighted by molar-refractivity contribution is 0.0948. The Morgan fingerprint density at radius 3 is 2.50 bits per heavy atom. The molecule has 0 fully saturated rings. The molecule has 2 N–H and O–H groups in total. The molecule has 3 rings (SSSR count). The van der Waals surface area contributed by atoms with Gasteiger partial charge in [-0.15, -0.1) is 0 Å². The highest BCUT2D eigenvalue weighted by molar-refractivity contribution is 5.92. The molecule has 1 amide bonds. The third-order valence-electron chi connectivity index (χ3n) is 4.20. The molecule has 0 spiro atoms. The van der Waals surface area contributed by atoms with Crippen molar-refractivity contribution in [1.82, 2.24) is 15.3 Å². The van der Waals surface area contributed by atoms with Crippen LogP contribution >= 0.6 is 0 Å². The molecule has 0 radical (unpaired) electrons. The average molecular weight is 376 g/mol. The van der Waals surface area contributed by atoms with E-state index < -0.39 is 0 Å². The molecule has 144 valence electrons. The number of hydrogen-bond acceptors (Lipinski definition) is 5. The average Bonchev–Trinajstić information content (AvgIpc) is 2.72. The van der Waals surface area contributed by atoms with E-state index in [-0.39, 0.29) is 5.91 Å². The Hall–Kier alpha value is -3.41. The van der Waals surface area contributed by atoms with Crippen LogP contribution in [-0.2, 0) is 6.42 Å². The van der Waals surface area contributed by atoms with Gasteiger partial charge in [-0.1, -0.05) is 30.3 Å². The Bertz CT molecular complexity index is 912. The molecule has 28 heavy (non-hydrogen) atoms. The number of amides is 1. The van der Waals surface area contributed by atoms with E-state index in [0.717, 1.165) is 30.0 Å². The van der Waals surface area contributed by atoms with Crippen molar-refractivity contribution in [2.75, 3.05) is 19.0 Å². The molecule has 6 heteroatoms. The van der Waals surface area contributed by atoms with E-state index in [1.807, 2.05) is 49.4 Å². The van der Waals surface area contributed by atoms with Crippen molar-refractivity contribution >= 4 is 17.5 Å². The maximum Gasteiger partial charge on any atom is 0.270 e. The molecule has 2 aromatic carbocycles. The largest absolute Gasteiger partial charge is 0.497 e. The van der Waals surface area contributed by atoms with Crippen molar-refractivity contribution in [1.29, 1.82) is 0 Å². The summed E-state index contributed by atoms with van der Waals surface area (Å²) in [5.74, 6) is 0.960. The van der Waals surface area contributed by atoms with Gasteiger partial charge in [0.2, 0.25) is 5.95 Å². The van der Waals surface area contributed by atoms with Gasteiger partial charge in [0.25, 0.3) is 5.91 Å². The molecular weight excluding hydrogens is 352 g/mol. The van der Waals surface area contributed by atoms with Crippen molar-refractivity contribution in [2.24, 2.45) is 0 Å². The van der Waals surface area contributed by atoms with Crippen LogP contribution in [0.15, 0.2) is 60.7 Å². The van der Waals surface area contributed by atoms with E-state index in [1.54, 1.807) is 13.2 Å². The van der Waals surface area contributed by atoms with E-state index >= 15 is 0 Å². The number of nitrogens with zero attached hydrogens (tertiary/aromatic N) is 2. The second kappa shape index (κ2) is 9.50. The molecule has 0 aliphatic heterocycles. The van der Waals surface area contributed by atoms with Crippen LogP contribution in [0.3, 0.4) is 0 Å². The standard InChI is InChI=1S/C22H24N4O2/c1-16-15-20(21(27)23-14-6-9-17-7-4-3-5-8-17)26-22(24-16)25-18-10-12-19(28-2)13-11-18/h3-5,7-8,10-13,15H,6,9,14H2,1-2H3,(H,23,27)(H,24,25,26). The van der Waals surface area contributed by atoms with Gasteiger partial charge < -0.3 is 15.4 Å². The third-order valence-corrected chi connectivity index (χ3v) is 4.20. The number of aryl methyl sites for hydroxylation is 2. The Labute approximate surface area is 165 Å². The Kier molecular flexibility index (Phi) is 6.57. The highest BCUT2D eigenvalue weighted by Gasteiger charge is 2.10. The number of ether oxygens (including phenoxy) is 1. The molecule has 6 nitrogen and oxygen atoms in total. The number of carbonyl (C=O) groups excluding carboxylic acids is 1. The van der Waals surface area contributed by atoms with Gasteiger partial charge in [0.15, 0.2) is 0 Å². The lowest BCUT2D eigenvalue weighted by Crippen LogP contribution is -2.26. The SMILES string of the molecule is COc1ccc(Nc2nc(C)cc(C(=O)NCCCc3ccccc3)n2)cc1. The van der Waals surface area contributed by atoms with Crippen LogP contribution in [0.4, 0.5) is 11.6 Å². The van der Waals surface area contributed by atoms with Crippen molar-refractivity contribution in [3.05, 3.63) is 77.6 Å². The normalized spacial score (nSPS) is 10.4. The van der Waals surface area contributed by atoms with Gasteiger partial charge in [0.1, 0.15) is 11.4 Å². The summed E-state index contributed by atoms with van der Waals surface area (Å²) in [5, 5.41) is 6.05. The zero-order chi connectivity index (χ0) is 19.8. The van der Waals surface area contributed by atoms with Crippen molar-refractivity contribution in [3.63, 3.8) is 0 Å². The highest BCUT2D eigenvalue weighted by atomic mass is 16.5. The number of rotatable bonds is 8. The summed E-state index contributed by atoms with van der Waals surface area (Å²) >= 11 is 0. The molecule has 1 aromatic heterocycles. The highest BCUT2D eigenvalue weighted by Crippen LogP contribution is 2.18. The molecular formula is C22H24N4O2. The molecule has 1 heterocycles. The first-order chi connectivity index (χ1) is 13.6. The lowest BCUT2D eigenvalue weighted by Gasteiger charge is -2.09. The van der Waals surface area contributed by atoms with Crippen LogP contribution in [0.2, 0.25) is 0 Å². The van der Waals surface area contributed by atoms with E-state index in [0.29, 0.717) is 18.2 Å². The summed E-state index contributed by atoms with van der Waals surface area (Å²) in [6.07, 6.45) is 1.80. The van der Waals surface area contributed by atoms with Gasteiger partial charge in [-0.25, -0.2) is 9.97 Å². The third kappa shape index (κ3) is 5.54. The van der Waals surface area contributed by atoms with Crippen LogP contribution in [0.25, 0.3) is 0 Å². The van der Waals surface area contributed by atoms with Crippen molar-refractivity contribution in [2.45, 2.75) is 19.8 Å².